The van der Waals surface area contributed by atoms with Crippen LogP contribution in [-0.4, -0.2) is 18.3 Å². The van der Waals surface area contributed by atoms with Crippen molar-refractivity contribution in [3.63, 3.8) is 0 Å². The summed E-state index contributed by atoms with van der Waals surface area (Å²) in [6.45, 7) is 7.36. The minimum absolute atomic E-state index is 0.169. The number of benzene rings is 1. The van der Waals surface area contributed by atoms with E-state index in [4.69, 9.17) is 13.6 Å². The first kappa shape index (κ1) is 15.0. The molecule has 0 aliphatic rings. The van der Waals surface area contributed by atoms with Gasteiger partial charge in [0.25, 0.3) is 0 Å². The molecule has 0 saturated carbocycles. The van der Waals surface area contributed by atoms with Crippen molar-refractivity contribution in [2.45, 2.75) is 27.7 Å². The molecule has 0 saturated heterocycles. The zero-order valence-corrected chi connectivity index (χ0v) is 12.0. The molecule has 18 heavy (non-hydrogen) atoms. The summed E-state index contributed by atoms with van der Waals surface area (Å²) in [6.07, 6.45) is 0. The van der Waals surface area contributed by atoms with E-state index in [0.29, 0.717) is 16.9 Å². The number of phosphoric acid groups is 1. The van der Waals surface area contributed by atoms with Crippen LogP contribution in [0.15, 0.2) is 12.1 Å². The van der Waals surface area contributed by atoms with E-state index < -0.39 is 7.82 Å². The Labute approximate surface area is 107 Å². The van der Waals surface area contributed by atoms with Crippen LogP contribution in [0.5, 0.6) is 11.5 Å². The lowest BCUT2D eigenvalue weighted by Crippen LogP contribution is -2.03. The van der Waals surface area contributed by atoms with Crippen molar-refractivity contribution < 1.29 is 23.2 Å². The van der Waals surface area contributed by atoms with Crippen LogP contribution in [0.4, 0.5) is 0 Å². The SMILES string of the molecule is CCOP(=O)(OCC)Oc1cc(C)c(O)cc1C. The fourth-order valence-electron chi connectivity index (χ4n) is 1.40. The summed E-state index contributed by atoms with van der Waals surface area (Å²) >= 11 is 0. The number of rotatable bonds is 6. The number of aryl methyl sites for hydroxylation is 2. The number of phenolic OH excluding ortho intramolecular Hbond substituents is 1. The minimum Gasteiger partial charge on any atom is -0.508 e. The Morgan fingerprint density at radius 2 is 1.67 bits per heavy atom. The Morgan fingerprint density at radius 3 is 2.17 bits per heavy atom. The van der Waals surface area contributed by atoms with Gasteiger partial charge in [0, 0.05) is 0 Å². The topological polar surface area (TPSA) is 65.0 Å². The predicted octanol–water partition coefficient (Wildman–Crippen LogP) is 3.57. The number of hydrogen-bond donors (Lipinski definition) is 1. The van der Waals surface area contributed by atoms with Crippen molar-refractivity contribution in [1.82, 2.24) is 0 Å². The van der Waals surface area contributed by atoms with E-state index >= 15 is 0 Å². The molecule has 5 nitrogen and oxygen atoms in total. The van der Waals surface area contributed by atoms with Gasteiger partial charge in [0.05, 0.1) is 13.2 Å². The van der Waals surface area contributed by atoms with Gasteiger partial charge in [0.2, 0.25) is 0 Å². The molecule has 0 aliphatic heterocycles. The number of hydrogen-bond acceptors (Lipinski definition) is 5. The maximum Gasteiger partial charge on any atom is 0.530 e. The molecule has 0 atom stereocenters. The van der Waals surface area contributed by atoms with E-state index in [2.05, 4.69) is 0 Å². The zero-order chi connectivity index (χ0) is 13.8. The van der Waals surface area contributed by atoms with Crippen LogP contribution in [0.25, 0.3) is 0 Å². The summed E-state index contributed by atoms with van der Waals surface area (Å²) in [5, 5.41) is 9.54. The monoisotopic (exact) mass is 274 g/mol. The first-order chi connectivity index (χ1) is 8.41. The van der Waals surface area contributed by atoms with Gasteiger partial charge in [-0.05, 0) is 51.0 Å². The highest BCUT2D eigenvalue weighted by Crippen LogP contribution is 2.50. The molecule has 0 spiro atoms. The second-order valence-electron chi connectivity index (χ2n) is 3.78. The molecule has 0 heterocycles. The Balaban J connectivity index is 3.01. The lowest BCUT2D eigenvalue weighted by atomic mass is 10.1. The predicted molar refractivity (Wildman–Crippen MR) is 69.1 cm³/mol. The van der Waals surface area contributed by atoms with E-state index in [-0.39, 0.29) is 19.0 Å². The first-order valence-electron chi connectivity index (χ1n) is 5.80. The van der Waals surface area contributed by atoms with Crippen molar-refractivity contribution in [3.8, 4) is 11.5 Å². The molecule has 102 valence electrons. The normalized spacial score (nSPS) is 11.6. The molecule has 6 heteroatoms. The molecule has 1 rings (SSSR count). The van der Waals surface area contributed by atoms with Crippen LogP contribution in [0, 0.1) is 13.8 Å². The molecule has 1 N–H and O–H groups in total. The minimum atomic E-state index is -3.58. The molecule has 0 fully saturated rings. The second kappa shape index (κ2) is 6.23. The maximum absolute atomic E-state index is 12.2. The molecule has 0 aliphatic carbocycles. The molecular weight excluding hydrogens is 255 g/mol. The zero-order valence-electron chi connectivity index (χ0n) is 11.1. The van der Waals surface area contributed by atoms with Gasteiger partial charge in [-0.15, -0.1) is 0 Å². The Morgan fingerprint density at radius 1 is 1.11 bits per heavy atom. The molecular formula is C12H19O5P. The first-order valence-corrected chi connectivity index (χ1v) is 7.26. The summed E-state index contributed by atoms with van der Waals surface area (Å²) < 4.78 is 27.6. The van der Waals surface area contributed by atoms with Crippen molar-refractivity contribution in [1.29, 1.82) is 0 Å². The van der Waals surface area contributed by atoms with Gasteiger partial charge in [0.15, 0.2) is 0 Å². The molecule has 0 amide bonds. The molecule has 0 bridgehead atoms. The number of aromatic hydroxyl groups is 1. The van der Waals surface area contributed by atoms with Crippen molar-refractivity contribution in [2.75, 3.05) is 13.2 Å². The van der Waals surface area contributed by atoms with Crippen molar-refractivity contribution in [3.05, 3.63) is 23.3 Å². The second-order valence-corrected chi connectivity index (χ2v) is 5.37. The van der Waals surface area contributed by atoms with Gasteiger partial charge in [-0.3, -0.25) is 9.05 Å². The summed E-state index contributed by atoms with van der Waals surface area (Å²) in [5.74, 6) is 0.554. The van der Waals surface area contributed by atoms with Gasteiger partial charge in [-0.1, -0.05) is 0 Å². The Kier molecular flexibility index (Phi) is 5.20. The molecule has 0 aromatic heterocycles. The smallest absolute Gasteiger partial charge is 0.508 e. The van der Waals surface area contributed by atoms with E-state index in [0.717, 1.165) is 0 Å². The molecule has 1 aromatic rings. The van der Waals surface area contributed by atoms with Crippen LogP contribution < -0.4 is 4.52 Å². The van der Waals surface area contributed by atoms with E-state index in [1.54, 1.807) is 39.8 Å². The summed E-state index contributed by atoms with van der Waals surface area (Å²) in [4.78, 5) is 0. The Hall–Kier alpha value is -1.03. The lowest BCUT2D eigenvalue weighted by Gasteiger charge is -2.18. The number of phosphoric ester groups is 1. The largest absolute Gasteiger partial charge is 0.530 e. The highest BCUT2D eigenvalue weighted by Gasteiger charge is 2.28. The fraction of sp³-hybridized carbons (Fsp3) is 0.500. The van der Waals surface area contributed by atoms with Crippen LogP contribution in [0.1, 0.15) is 25.0 Å². The third-order valence-electron chi connectivity index (χ3n) is 2.28. The van der Waals surface area contributed by atoms with Gasteiger partial charge in [0.1, 0.15) is 11.5 Å². The van der Waals surface area contributed by atoms with Gasteiger partial charge in [-0.25, -0.2) is 4.57 Å². The van der Waals surface area contributed by atoms with Crippen molar-refractivity contribution >= 4 is 7.82 Å². The molecule has 0 unspecified atom stereocenters. The average molecular weight is 274 g/mol. The molecule has 1 aromatic carbocycles. The van der Waals surface area contributed by atoms with E-state index in [1.165, 1.54) is 0 Å². The number of phenols is 1. The molecule has 0 radical (unpaired) electrons. The average Bonchev–Trinajstić information content (AvgIpc) is 2.26. The summed E-state index contributed by atoms with van der Waals surface area (Å²) in [7, 11) is -3.58. The van der Waals surface area contributed by atoms with Crippen LogP contribution in [0.3, 0.4) is 0 Å². The highest BCUT2D eigenvalue weighted by atomic mass is 31.2. The van der Waals surface area contributed by atoms with Gasteiger partial charge in [-0.2, -0.15) is 0 Å². The standard InChI is InChI=1S/C12H19O5P/c1-5-15-18(14,16-6-2)17-12-8-9(3)11(13)7-10(12)4/h7-8,13H,5-6H2,1-4H3. The highest BCUT2D eigenvalue weighted by molar-refractivity contribution is 7.48. The Bertz CT molecular complexity index is 448. The van der Waals surface area contributed by atoms with E-state index in [9.17, 15) is 9.67 Å². The van der Waals surface area contributed by atoms with Gasteiger partial charge >= 0.3 is 7.82 Å². The van der Waals surface area contributed by atoms with Crippen LogP contribution >= 0.6 is 7.82 Å². The van der Waals surface area contributed by atoms with Gasteiger partial charge < -0.3 is 9.63 Å². The summed E-state index contributed by atoms with van der Waals surface area (Å²) in [6, 6.07) is 3.16. The van der Waals surface area contributed by atoms with Crippen molar-refractivity contribution in [2.24, 2.45) is 0 Å². The lowest BCUT2D eigenvalue weighted by molar-refractivity contribution is 0.167. The maximum atomic E-state index is 12.2. The summed E-state index contributed by atoms with van der Waals surface area (Å²) in [5.41, 5.74) is 1.30. The van der Waals surface area contributed by atoms with Crippen LogP contribution in [-0.2, 0) is 13.6 Å². The third kappa shape index (κ3) is 3.73. The fourth-order valence-corrected chi connectivity index (χ4v) is 2.65. The third-order valence-corrected chi connectivity index (χ3v) is 3.85. The van der Waals surface area contributed by atoms with E-state index in [1.807, 2.05) is 0 Å². The quantitative estimate of drug-likeness (QED) is 0.803. The van der Waals surface area contributed by atoms with Crippen LogP contribution in [0.2, 0.25) is 0 Å².